The van der Waals surface area contributed by atoms with Gasteiger partial charge in [-0.05, 0) is 50.6 Å². The number of piperidine rings is 1. The number of carbonyl (C=O) groups excluding carboxylic acids is 1. The van der Waals surface area contributed by atoms with Crippen molar-refractivity contribution < 1.29 is 4.79 Å². The molecule has 1 saturated heterocycles. The number of rotatable bonds is 1. The molecule has 0 aromatic carbocycles. The van der Waals surface area contributed by atoms with Gasteiger partial charge < -0.3 is 10.1 Å². The Morgan fingerprint density at radius 1 is 1.25 bits per heavy atom. The average molecular weight is 167 g/mol. The maximum Gasteiger partial charge on any atom is 0.123 e. The highest BCUT2D eigenvalue weighted by molar-refractivity contribution is 5.54. The molecule has 0 aromatic heterocycles. The number of hydrogen-bond acceptors (Lipinski definition) is 2. The molecule has 1 aliphatic heterocycles. The van der Waals surface area contributed by atoms with Gasteiger partial charge >= 0.3 is 0 Å². The molecule has 12 heavy (non-hydrogen) atoms. The van der Waals surface area contributed by atoms with E-state index in [1.165, 1.54) is 19.3 Å². The summed E-state index contributed by atoms with van der Waals surface area (Å²) >= 11 is 0. The Labute approximate surface area is 73.7 Å². The minimum atomic E-state index is 0.378. The van der Waals surface area contributed by atoms with E-state index < -0.39 is 0 Å². The lowest BCUT2D eigenvalue weighted by molar-refractivity contribution is -0.111. The quantitative estimate of drug-likeness (QED) is 0.597. The summed E-state index contributed by atoms with van der Waals surface area (Å²) < 4.78 is 0. The summed E-state index contributed by atoms with van der Waals surface area (Å²) in [6.07, 6.45) is 7.34. The molecule has 0 radical (unpaired) electrons. The summed E-state index contributed by atoms with van der Waals surface area (Å²) in [6.45, 7) is 2.32. The summed E-state index contributed by atoms with van der Waals surface area (Å²) in [6, 6.07) is 0. The minimum absolute atomic E-state index is 0.378. The van der Waals surface area contributed by atoms with Gasteiger partial charge in [-0.25, -0.2) is 0 Å². The van der Waals surface area contributed by atoms with Crippen LogP contribution in [-0.2, 0) is 4.79 Å². The van der Waals surface area contributed by atoms with Crippen molar-refractivity contribution in [2.45, 2.75) is 32.1 Å². The standard InChI is InChI=1S/C10H17NO/c12-8-9-1-2-10(7-9)3-5-11-6-4-10/h8-9,11H,1-7H2. The van der Waals surface area contributed by atoms with Crippen molar-refractivity contribution >= 4 is 6.29 Å². The monoisotopic (exact) mass is 167 g/mol. The smallest absolute Gasteiger partial charge is 0.123 e. The first-order valence-corrected chi connectivity index (χ1v) is 5.01. The van der Waals surface area contributed by atoms with Crippen molar-refractivity contribution in [3.8, 4) is 0 Å². The van der Waals surface area contributed by atoms with Gasteiger partial charge in [0.1, 0.15) is 6.29 Å². The van der Waals surface area contributed by atoms with E-state index >= 15 is 0 Å². The first kappa shape index (κ1) is 8.24. The molecular weight excluding hydrogens is 150 g/mol. The highest BCUT2D eigenvalue weighted by Gasteiger charge is 2.39. The highest BCUT2D eigenvalue weighted by atomic mass is 16.1. The van der Waals surface area contributed by atoms with Crippen LogP contribution in [0.1, 0.15) is 32.1 Å². The lowest BCUT2D eigenvalue weighted by Gasteiger charge is -2.33. The third kappa shape index (κ3) is 1.40. The largest absolute Gasteiger partial charge is 0.317 e. The van der Waals surface area contributed by atoms with E-state index in [9.17, 15) is 4.79 Å². The van der Waals surface area contributed by atoms with E-state index in [0.29, 0.717) is 11.3 Å². The minimum Gasteiger partial charge on any atom is -0.317 e. The summed E-state index contributed by atoms with van der Waals surface area (Å²) in [5.41, 5.74) is 0.552. The second kappa shape index (κ2) is 3.17. The van der Waals surface area contributed by atoms with Crippen molar-refractivity contribution in [1.29, 1.82) is 0 Å². The van der Waals surface area contributed by atoms with E-state index in [1.807, 2.05) is 0 Å². The Bertz CT molecular complexity index is 173. The zero-order valence-electron chi connectivity index (χ0n) is 7.51. The van der Waals surface area contributed by atoms with Gasteiger partial charge in [0.05, 0.1) is 0 Å². The second-order valence-corrected chi connectivity index (χ2v) is 4.39. The van der Waals surface area contributed by atoms with Gasteiger partial charge in [0.15, 0.2) is 0 Å². The topological polar surface area (TPSA) is 29.1 Å². The maximum atomic E-state index is 10.6. The molecular formula is C10H17NO. The molecule has 0 bridgehead atoms. The number of nitrogens with one attached hydrogen (secondary N) is 1. The third-order valence-electron chi connectivity index (χ3n) is 3.60. The molecule has 0 aromatic rings. The van der Waals surface area contributed by atoms with Crippen LogP contribution in [0, 0.1) is 11.3 Å². The van der Waals surface area contributed by atoms with Crippen LogP contribution in [0.25, 0.3) is 0 Å². The zero-order valence-corrected chi connectivity index (χ0v) is 7.51. The van der Waals surface area contributed by atoms with Crippen LogP contribution in [-0.4, -0.2) is 19.4 Å². The molecule has 0 amide bonds. The van der Waals surface area contributed by atoms with Crippen LogP contribution in [0.2, 0.25) is 0 Å². The van der Waals surface area contributed by atoms with Crippen LogP contribution in [0.15, 0.2) is 0 Å². The number of aldehydes is 1. The molecule has 1 heterocycles. The van der Waals surface area contributed by atoms with E-state index in [1.54, 1.807) is 0 Å². The molecule has 1 N–H and O–H groups in total. The summed E-state index contributed by atoms with van der Waals surface area (Å²) in [5, 5.41) is 3.38. The van der Waals surface area contributed by atoms with Crippen molar-refractivity contribution in [1.82, 2.24) is 5.32 Å². The molecule has 2 nitrogen and oxygen atoms in total. The van der Waals surface area contributed by atoms with Gasteiger partial charge in [-0.15, -0.1) is 0 Å². The molecule has 2 aliphatic rings. The summed E-state index contributed by atoms with van der Waals surface area (Å²) in [5.74, 6) is 0.378. The lowest BCUT2D eigenvalue weighted by atomic mass is 9.77. The first-order chi connectivity index (χ1) is 5.85. The van der Waals surface area contributed by atoms with Gasteiger partial charge in [-0.2, -0.15) is 0 Å². The lowest BCUT2D eigenvalue weighted by Crippen LogP contribution is -2.35. The third-order valence-corrected chi connectivity index (χ3v) is 3.60. The molecule has 1 unspecified atom stereocenters. The maximum absolute atomic E-state index is 10.6. The van der Waals surface area contributed by atoms with Crippen molar-refractivity contribution in [3.05, 3.63) is 0 Å². The van der Waals surface area contributed by atoms with Gasteiger partial charge in [-0.1, -0.05) is 0 Å². The summed E-state index contributed by atoms with van der Waals surface area (Å²) in [7, 11) is 0. The van der Waals surface area contributed by atoms with Crippen LogP contribution in [0.3, 0.4) is 0 Å². The Kier molecular flexibility index (Phi) is 2.18. The van der Waals surface area contributed by atoms with Crippen molar-refractivity contribution in [2.24, 2.45) is 11.3 Å². The predicted molar refractivity (Wildman–Crippen MR) is 47.9 cm³/mol. The fraction of sp³-hybridized carbons (Fsp3) is 0.900. The molecule has 2 rings (SSSR count). The van der Waals surface area contributed by atoms with E-state index in [4.69, 9.17) is 0 Å². The second-order valence-electron chi connectivity index (χ2n) is 4.39. The molecule has 1 spiro atoms. The van der Waals surface area contributed by atoms with E-state index in [-0.39, 0.29) is 0 Å². The molecule has 1 aliphatic carbocycles. The van der Waals surface area contributed by atoms with Crippen LogP contribution in [0.5, 0.6) is 0 Å². The van der Waals surface area contributed by atoms with Crippen LogP contribution in [0.4, 0.5) is 0 Å². The zero-order chi connectivity index (χ0) is 8.44. The molecule has 2 fully saturated rings. The molecule has 2 heteroatoms. The van der Waals surface area contributed by atoms with E-state index in [0.717, 1.165) is 32.2 Å². The van der Waals surface area contributed by atoms with Crippen molar-refractivity contribution in [3.63, 3.8) is 0 Å². The number of hydrogen-bond donors (Lipinski definition) is 1. The van der Waals surface area contributed by atoms with E-state index in [2.05, 4.69) is 5.32 Å². The average Bonchev–Trinajstić information content (AvgIpc) is 2.50. The normalized spacial score (nSPS) is 33.8. The summed E-state index contributed by atoms with van der Waals surface area (Å²) in [4.78, 5) is 10.6. The van der Waals surface area contributed by atoms with Crippen LogP contribution < -0.4 is 5.32 Å². The first-order valence-electron chi connectivity index (χ1n) is 5.01. The fourth-order valence-corrected chi connectivity index (χ4v) is 2.78. The Balaban J connectivity index is 1.98. The highest BCUT2D eigenvalue weighted by Crippen LogP contribution is 2.46. The van der Waals surface area contributed by atoms with Gasteiger partial charge in [0, 0.05) is 5.92 Å². The molecule has 68 valence electrons. The number of carbonyl (C=O) groups is 1. The Hall–Kier alpha value is -0.370. The Morgan fingerprint density at radius 2 is 2.00 bits per heavy atom. The van der Waals surface area contributed by atoms with Gasteiger partial charge in [0.25, 0.3) is 0 Å². The van der Waals surface area contributed by atoms with Crippen molar-refractivity contribution in [2.75, 3.05) is 13.1 Å². The molecule has 1 saturated carbocycles. The fourth-order valence-electron chi connectivity index (χ4n) is 2.78. The van der Waals surface area contributed by atoms with Gasteiger partial charge in [0.2, 0.25) is 0 Å². The molecule has 1 atom stereocenters. The predicted octanol–water partition coefficient (Wildman–Crippen LogP) is 1.36. The van der Waals surface area contributed by atoms with Crippen LogP contribution >= 0.6 is 0 Å². The van der Waals surface area contributed by atoms with Gasteiger partial charge in [-0.3, -0.25) is 0 Å². The Morgan fingerprint density at radius 3 is 2.58 bits per heavy atom. The SMILES string of the molecule is O=CC1CCC2(CCNCC2)C1.